The van der Waals surface area contributed by atoms with Crippen molar-refractivity contribution in [2.75, 3.05) is 25.4 Å². The highest BCUT2D eigenvalue weighted by molar-refractivity contribution is 8.00. The van der Waals surface area contributed by atoms with Crippen LogP contribution in [0.2, 0.25) is 0 Å². The maximum atomic E-state index is 5.48. The van der Waals surface area contributed by atoms with Crippen molar-refractivity contribution in [3.63, 3.8) is 0 Å². The molecule has 2 N–H and O–H groups in total. The Morgan fingerprint density at radius 2 is 1.93 bits per heavy atom. The second-order valence-electron chi connectivity index (χ2n) is 4.56. The summed E-state index contributed by atoms with van der Waals surface area (Å²) < 4.78 is 0. The number of hydrogen-bond acceptors (Lipinski definition) is 3. The lowest BCUT2D eigenvalue weighted by atomic mass is 10.1. The van der Waals surface area contributed by atoms with Crippen LogP contribution in [0.1, 0.15) is 39.5 Å². The molecule has 1 rings (SSSR count). The molecule has 0 amide bonds. The molecule has 2 atom stereocenters. The third-order valence-electron chi connectivity index (χ3n) is 3.41. The Hall–Kier alpha value is 0.270. The van der Waals surface area contributed by atoms with Crippen LogP contribution < -0.4 is 5.73 Å². The molecule has 0 aromatic carbocycles. The third kappa shape index (κ3) is 4.75. The molecule has 15 heavy (non-hydrogen) atoms. The van der Waals surface area contributed by atoms with Crippen LogP contribution in [0.25, 0.3) is 0 Å². The second-order valence-corrected chi connectivity index (χ2v) is 6.04. The third-order valence-corrected chi connectivity index (χ3v) is 4.75. The van der Waals surface area contributed by atoms with E-state index in [-0.39, 0.29) is 0 Å². The van der Waals surface area contributed by atoms with Gasteiger partial charge in [-0.3, -0.25) is 4.90 Å². The summed E-state index contributed by atoms with van der Waals surface area (Å²) >= 11 is 2.12. The molecular formula is C12H26N2S. The van der Waals surface area contributed by atoms with Crippen molar-refractivity contribution >= 4 is 11.8 Å². The lowest BCUT2D eigenvalue weighted by Gasteiger charge is -2.37. The molecule has 2 unspecified atom stereocenters. The molecule has 0 saturated carbocycles. The van der Waals surface area contributed by atoms with Crippen molar-refractivity contribution in [3.05, 3.63) is 0 Å². The Morgan fingerprint density at radius 3 is 2.67 bits per heavy atom. The van der Waals surface area contributed by atoms with E-state index in [1.54, 1.807) is 0 Å². The molecule has 1 saturated heterocycles. The molecule has 1 fully saturated rings. The molecule has 0 bridgehead atoms. The minimum atomic E-state index is 0.762. The minimum Gasteiger partial charge on any atom is -0.330 e. The zero-order valence-electron chi connectivity index (χ0n) is 10.2. The maximum absolute atomic E-state index is 5.48. The van der Waals surface area contributed by atoms with Crippen molar-refractivity contribution < 1.29 is 0 Å². The van der Waals surface area contributed by atoms with Crippen molar-refractivity contribution in [1.29, 1.82) is 0 Å². The maximum Gasteiger partial charge on any atom is 0.0184 e. The van der Waals surface area contributed by atoms with E-state index in [0.717, 1.165) is 17.8 Å². The molecule has 1 aliphatic rings. The van der Waals surface area contributed by atoms with Gasteiger partial charge in [0.1, 0.15) is 0 Å². The standard InChI is InChI=1S/C12H26N2S/c1-11-12(2)15-10-9-14(11)8-6-4-3-5-7-13/h11-12H,3-10,13H2,1-2H3. The van der Waals surface area contributed by atoms with Crippen molar-refractivity contribution in [2.24, 2.45) is 5.73 Å². The van der Waals surface area contributed by atoms with Gasteiger partial charge in [0.2, 0.25) is 0 Å². The van der Waals surface area contributed by atoms with Gasteiger partial charge in [-0.1, -0.05) is 19.8 Å². The Morgan fingerprint density at radius 1 is 1.20 bits per heavy atom. The summed E-state index contributed by atoms with van der Waals surface area (Å²) in [6, 6.07) is 0.762. The van der Waals surface area contributed by atoms with E-state index in [2.05, 4.69) is 30.5 Å². The zero-order valence-corrected chi connectivity index (χ0v) is 11.1. The summed E-state index contributed by atoms with van der Waals surface area (Å²) in [7, 11) is 0. The number of nitrogens with two attached hydrogens (primary N) is 1. The molecule has 1 heterocycles. The average Bonchev–Trinajstić information content (AvgIpc) is 2.24. The van der Waals surface area contributed by atoms with Gasteiger partial charge in [0.25, 0.3) is 0 Å². The highest BCUT2D eigenvalue weighted by Crippen LogP contribution is 2.24. The lowest BCUT2D eigenvalue weighted by Crippen LogP contribution is -2.44. The lowest BCUT2D eigenvalue weighted by molar-refractivity contribution is 0.208. The van der Waals surface area contributed by atoms with Gasteiger partial charge in [0, 0.05) is 23.6 Å². The summed E-state index contributed by atoms with van der Waals surface area (Å²) in [6.45, 7) is 8.16. The van der Waals surface area contributed by atoms with Crippen LogP contribution in [-0.4, -0.2) is 41.6 Å². The molecular weight excluding hydrogens is 204 g/mol. The molecule has 0 spiro atoms. The fraction of sp³-hybridized carbons (Fsp3) is 1.00. The molecule has 90 valence electrons. The van der Waals surface area contributed by atoms with Crippen LogP contribution in [-0.2, 0) is 0 Å². The Balaban J connectivity index is 2.09. The van der Waals surface area contributed by atoms with Gasteiger partial charge in [-0.2, -0.15) is 11.8 Å². The van der Waals surface area contributed by atoms with E-state index in [0.29, 0.717) is 0 Å². The van der Waals surface area contributed by atoms with Gasteiger partial charge in [-0.15, -0.1) is 0 Å². The average molecular weight is 230 g/mol. The van der Waals surface area contributed by atoms with Gasteiger partial charge in [-0.25, -0.2) is 0 Å². The van der Waals surface area contributed by atoms with Gasteiger partial charge >= 0.3 is 0 Å². The number of rotatable bonds is 6. The highest BCUT2D eigenvalue weighted by Gasteiger charge is 2.24. The molecule has 0 aromatic heterocycles. The largest absolute Gasteiger partial charge is 0.330 e. The first-order valence-corrected chi connectivity index (χ1v) is 7.36. The van der Waals surface area contributed by atoms with Gasteiger partial charge in [0.15, 0.2) is 0 Å². The fourth-order valence-electron chi connectivity index (χ4n) is 2.12. The summed E-state index contributed by atoms with van der Waals surface area (Å²) in [5, 5.41) is 0.808. The normalized spacial score (nSPS) is 28.2. The monoisotopic (exact) mass is 230 g/mol. The van der Waals surface area contributed by atoms with Gasteiger partial charge in [0.05, 0.1) is 0 Å². The van der Waals surface area contributed by atoms with Crippen LogP contribution in [0.15, 0.2) is 0 Å². The van der Waals surface area contributed by atoms with E-state index in [9.17, 15) is 0 Å². The predicted octanol–water partition coefficient (Wildman–Crippen LogP) is 2.33. The van der Waals surface area contributed by atoms with Crippen molar-refractivity contribution in [3.8, 4) is 0 Å². The molecule has 0 radical (unpaired) electrons. The molecule has 0 aliphatic carbocycles. The van der Waals surface area contributed by atoms with Crippen LogP contribution in [0.5, 0.6) is 0 Å². The molecule has 1 aliphatic heterocycles. The quantitative estimate of drug-likeness (QED) is 0.710. The highest BCUT2D eigenvalue weighted by atomic mass is 32.2. The van der Waals surface area contributed by atoms with Crippen molar-refractivity contribution in [1.82, 2.24) is 4.90 Å². The Kier molecular flexibility index (Phi) is 6.69. The minimum absolute atomic E-state index is 0.762. The number of nitrogens with zero attached hydrogens (tertiary/aromatic N) is 1. The Labute approximate surface area is 99.0 Å². The zero-order chi connectivity index (χ0) is 11.1. The van der Waals surface area contributed by atoms with Crippen molar-refractivity contribution in [2.45, 2.75) is 50.8 Å². The number of unbranched alkanes of at least 4 members (excludes halogenated alkanes) is 3. The Bertz CT molecular complexity index is 164. The topological polar surface area (TPSA) is 29.3 Å². The summed E-state index contributed by atoms with van der Waals surface area (Å²) in [6.07, 6.45) is 5.20. The van der Waals surface area contributed by atoms with Crippen LogP contribution in [0.4, 0.5) is 0 Å². The summed E-state index contributed by atoms with van der Waals surface area (Å²) in [4.78, 5) is 2.66. The van der Waals surface area contributed by atoms with E-state index in [1.165, 1.54) is 44.5 Å². The van der Waals surface area contributed by atoms with E-state index in [4.69, 9.17) is 5.73 Å². The second kappa shape index (κ2) is 7.53. The molecule has 2 nitrogen and oxygen atoms in total. The smallest absolute Gasteiger partial charge is 0.0184 e. The van der Waals surface area contributed by atoms with Crippen LogP contribution in [0, 0.1) is 0 Å². The van der Waals surface area contributed by atoms with E-state index >= 15 is 0 Å². The SMILES string of the molecule is CC1SCCN(CCCCCCN)C1C. The molecule has 0 aromatic rings. The van der Waals surface area contributed by atoms with Crippen LogP contribution in [0.3, 0.4) is 0 Å². The van der Waals surface area contributed by atoms with Gasteiger partial charge in [-0.05, 0) is 32.9 Å². The summed E-state index contributed by atoms with van der Waals surface area (Å²) in [5.74, 6) is 1.31. The predicted molar refractivity (Wildman–Crippen MR) is 70.5 cm³/mol. The fourth-order valence-corrected chi connectivity index (χ4v) is 3.29. The first-order chi connectivity index (χ1) is 7.25. The van der Waals surface area contributed by atoms with E-state index in [1.807, 2.05) is 0 Å². The first kappa shape index (κ1) is 13.3. The number of hydrogen-bond donors (Lipinski definition) is 1. The molecule has 3 heteroatoms. The summed E-state index contributed by atoms with van der Waals surface area (Å²) in [5.41, 5.74) is 5.48. The first-order valence-electron chi connectivity index (χ1n) is 6.31. The van der Waals surface area contributed by atoms with E-state index < -0.39 is 0 Å². The number of thioether (sulfide) groups is 1. The van der Waals surface area contributed by atoms with Crippen LogP contribution >= 0.6 is 11.8 Å². The van der Waals surface area contributed by atoms with Gasteiger partial charge < -0.3 is 5.73 Å².